The summed E-state index contributed by atoms with van der Waals surface area (Å²) < 4.78 is 29.0. The number of aliphatic hydroxyl groups is 1. The molecule has 3 aliphatic rings. The topological polar surface area (TPSA) is 175 Å². The molecule has 1 spiro atoms. The van der Waals surface area contributed by atoms with Crippen molar-refractivity contribution in [1.82, 2.24) is 15.3 Å². The first kappa shape index (κ1) is 32.4. The number of ether oxygens (including phenoxy) is 3. The molecule has 13 heteroatoms. The highest BCUT2D eigenvalue weighted by Crippen LogP contribution is 2.59. The van der Waals surface area contributed by atoms with Gasteiger partial charge >= 0.3 is 6.16 Å². The molecule has 0 aliphatic carbocycles. The zero-order valence-electron chi connectivity index (χ0n) is 27.8. The van der Waals surface area contributed by atoms with E-state index in [1.54, 1.807) is 13.8 Å². The van der Waals surface area contributed by atoms with Gasteiger partial charge in [0.1, 0.15) is 41.9 Å². The molecule has 1 unspecified atom stereocenters. The highest BCUT2D eigenvalue weighted by molar-refractivity contribution is 5.89. The Labute approximate surface area is 282 Å². The van der Waals surface area contributed by atoms with Crippen LogP contribution in [0.4, 0.5) is 10.5 Å². The van der Waals surface area contributed by atoms with Gasteiger partial charge < -0.3 is 38.8 Å². The van der Waals surface area contributed by atoms with Crippen LogP contribution in [0, 0.1) is 17.8 Å². The van der Waals surface area contributed by atoms with Crippen molar-refractivity contribution >= 4 is 23.5 Å². The number of fused-ring (bicyclic) bond motifs is 4. The molecular formula is C36H38N4O9. The third kappa shape index (κ3) is 5.41. The van der Waals surface area contributed by atoms with E-state index < -0.39 is 41.6 Å². The first-order chi connectivity index (χ1) is 23.5. The first-order valence-corrected chi connectivity index (χ1v) is 16.3. The summed E-state index contributed by atoms with van der Waals surface area (Å²) in [7, 11) is 1.21. The van der Waals surface area contributed by atoms with Crippen molar-refractivity contribution < 1.29 is 42.5 Å². The maximum Gasteiger partial charge on any atom is 0.508 e. The third-order valence-electron chi connectivity index (χ3n) is 9.50. The number of para-hydroxylation sites is 1. The Hall–Kier alpha value is -5.17. The van der Waals surface area contributed by atoms with Crippen molar-refractivity contribution in [2.24, 2.45) is 17.8 Å². The van der Waals surface area contributed by atoms with E-state index in [0.29, 0.717) is 17.2 Å². The number of Topliss-reactive ketones (excluding diaryl/α,β-unsaturated/α-hetero) is 1. The maximum atomic E-state index is 14.1. The number of ketones is 1. The second kappa shape index (κ2) is 12.4. The van der Waals surface area contributed by atoms with Gasteiger partial charge in [0.15, 0.2) is 23.5 Å². The van der Waals surface area contributed by atoms with Crippen LogP contribution in [-0.4, -0.2) is 52.4 Å². The number of carbonyl (C=O) groups is 3. The number of hydrogen-bond donors (Lipinski definition) is 3. The van der Waals surface area contributed by atoms with Crippen LogP contribution in [0.3, 0.4) is 0 Å². The van der Waals surface area contributed by atoms with Gasteiger partial charge in [-0.2, -0.15) is 0 Å². The van der Waals surface area contributed by atoms with Gasteiger partial charge in [-0.25, -0.2) is 14.8 Å². The van der Waals surface area contributed by atoms with Gasteiger partial charge in [0, 0.05) is 23.6 Å². The number of nitrogens with zero attached hydrogens (tertiary/aromatic N) is 2. The summed E-state index contributed by atoms with van der Waals surface area (Å²) >= 11 is 0. The van der Waals surface area contributed by atoms with Gasteiger partial charge in [-0.15, -0.1) is 0 Å². The predicted molar refractivity (Wildman–Crippen MR) is 173 cm³/mol. The molecule has 3 N–H and O–H groups in total. The SMILES string of the molecule is COC(=O)OCc1coc(-c2nc3oc2C24c5ccccc5N[C@H]2Oc2ccc(cc24)C[C@H](CC(=O)[C@@H](O)C(C)C)C(=O)N[C@H]3C(C)C)n1. The summed E-state index contributed by atoms with van der Waals surface area (Å²) in [6.45, 7) is 7.21. The molecule has 0 saturated carbocycles. The number of benzene rings is 2. The standard InChI is InChI=1S/C36H38N4O9/c1-17(2)27-33-40-28(32-37-21(15-46-32)16-47-35(44)45-5)30(49-33)36-22-8-6-7-9-24(22)38-34(36)48-26-11-10-19(13-23(26)36)12-20(31(43)39-27)14-25(41)29(42)18(3)4/h6-11,13,15,17-18,20,27,29,34,38,42H,12,14,16H2,1-5H3,(H,39,43)/t20-,27+,29+,34+,36?/m1/s1. The smallest absolute Gasteiger partial charge is 0.469 e. The van der Waals surface area contributed by atoms with E-state index in [1.807, 2.05) is 56.3 Å². The van der Waals surface area contributed by atoms with Crippen LogP contribution in [0.2, 0.25) is 0 Å². The van der Waals surface area contributed by atoms with Crippen molar-refractivity contribution in [1.29, 1.82) is 0 Å². The summed E-state index contributed by atoms with van der Waals surface area (Å²) in [6.07, 6.45) is -1.21. The van der Waals surface area contributed by atoms with Crippen LogP contribution in [-0.2, 0) is 37.5 Å². The number of nitrogens with one attached hydrogen (secondary N) is 2. The van der Waals surface area contributed by atoms with Gasteiger partial charge in [-0.1, -0.05) is 58.0 Å². The van der Waals surface area contributed by atoms with E-state index in [4.69, 9.17) is 23.3 Å². The fraction of sp³-hybridized carbons (Fsp3) is 0.417. The lowest BCUT2D eigenvalue weighted by molar-refractivity contribution is -0.135. The van der Waals surface area contributed by atoms with Gasteiger partial charge in [0.2, 0.25) is 17.7 Å². The minimum absolute atomic E-state index is 0.116. The zero-order chi connectivity index (χ0) is 34.6. The summed E-state index contributed by atoms with van der Waals surface area (Å²) in [5.41, 5.74) is 2.86. The molecule has 4 bridgehead atoms. The lowest BCUT2D eigenvalue weighted by atomic mass is 9.72. The quantitative estimate of drug-likeness (QED) is 0.213. The number of oxazole rings is 2. The molecule has 0 fully saturated rings. The molecule has 0 radical (unpaired) electrons. The lowest BCUT2D eigenvalue weighted by Crippen LogP contribution is -2.41. The van der Waals surface area contributed by atoms with E-state index in [2.05, 4.69) is 20.4 Å². The number of methoxy groups -OCH3 is 1. The van der Waals surface area contributed by atoms with Gasteiger partial charge in [0.25, 0.3) is 0 Å². The Balaban J connectivity index is 1.43. The highest BCUT2D eigenvalue weighted by atomic mass is 16.7. The first-order valence-electron chi connectivity index (χ1n) is 16.3. The van der Waals surface area contributed by atoms with Crippen LogP contribution in [0.1, 0.15) is 74.2 Å². The fourth-order valence-corrected chi connectivity index (χ4v) is 6.97. The van der Waals surface area contributed by atoms with E-state index in [0.717, 1.165) is 22.4 Å². The molecule has 2 aromatic carbocycles. The van der Waals surface area contributed by atoms with Gasteiger partial charge in [0.05, 0.1) is 7.11 Å². The van der Waals surface area contributed by atoms with E-state index >= 15 is 0 Å². The van der Waals surface area contributed by atoms with Crippen LogP contribution in [0.5, 0.6) is 5.75 Å². The lowest BCUT2D eigenvalue weighted by Gasteiger charge is -2.28. The molecule has 5 heterocycles. The predicted octanol–water partition coefficient (Wildman–Crippen LogP) is 5.05. The monoisotopic (exact) mass is 670 g/mol. The minimum Gasteiger partial charge on any atom is -0.469 e. The fourth-order valence-electron chi connectivity index (χ4n) is 6.97. The summed E-state index contributed by atoms with van der Waals surface area (Å²) in [5.74, 6) is -0.663. The number of carbonyl (C=O) groups excluding carboxylic acids is 3. The number of aliphatic hydroxyl groups excluding tert-OH is 1. The molecule has 256 valence electrons. The maximum absolute atomic E-state index is 14.1. The number of anilines is 1. The number of aromatic nitrogens is 2. The Kier molecular flexibility index (Phi) is 8.18. The number of rotatable bonds is 8. The molecule has 2 aromatic heterocycles. The number of hydrogen-bond acceptors (Lipinski definition) is 12. The average molecular weight is 671 g/mol. The summed E-state index contributed by atoms with van der Waals surface area (Å²) in [6, 6.07) is 12.9. The van der Waals surface area contributed by atoms with Crippen molar-refractivity contribution in [3.63, 3.8) is 0 Å². The van der Waals surface area contributed by atoms with Crippen molar-refractivity contribution in [3.8, 4) is 17.3 Å². The van der Waals surface area contributed by atoms with Crippen molar-refractivity contribution in [2.75, 3.05) is 12.4 Å². The molecule has 49 heavy (non-hydrogen) atoms. The molecule has 3 aliphatic heterocycles. The molecule has 13 nitrogen and oxygen atoms in total. The zero-order valence-corrected chi connectivity index (χ0v) is 27.8. The van der Waals surface area contributed by atoms with E-state index in [9.17, 15) is 19.5 Å². The van der Waals surface area contributed by atoms with Crippen molar-refractivity contribution in [3.05, 3.63) is 82.8 Å². The normalized spacial score (nSPS) is 22.6. The van der Waals surface area contributed by atoms with Crippen molar-refractivity contribution in [2.45, 2.75) is 70.9 Å². The average Bonchev–Trinajstić information content (AvgIpc) is 3.86. The second-order valence-electron chi connectivity index (χ2n) is 13.4. The van der Waals surface area contributed by atoms with E-state index in [-0.39, 0.29) is 54.7 Å². The summed E-state index contributed by atoms with van der Waals surface area (Å²) in [5, 5.41) is 17.2. The van der Waals surface area contributed by atoms with Crippen LogP contribution in [0.15, 0.2) is 57.6 Å². The Morgan fingerprint density at radius 1 is 1.08 bits per heavy atom. The molecule has 0 saturated heterocycles. The Bertz CT molecular complexity index is 1930. The number of amides is 1. The van der Waals surface area contributed by atoms with Crippen LogP contribution >= 0.6 is 0 Å². The highest BCUT2D eigenvalue weighted by Gasteiger charge is 2.61. The second-order valence-corrected chi connectivity index (χ2v) is 13.4. The summed E-state index contributed by atoms with van der Waals surface area (Å²) in [4.78, 5) is 48.4. The largest absolute Gasteiger partial charge is 0.508 e. The third-order valence-corrected chi connectivity index (χ3v) is 9.50. The molecular weight excluding hydrogens is 632 g/mol. The molecule has 1 amide bonds. The van der Waals surface area contributed by atoms with Gasteiger partial charge in [-0.3, -0.25) is 9.59 Å². The molecule has 7 rings (SSSR count). The minimum atomic E-state index is -1.19. The van der Waals surface area contributed by atoms with Crippen LogP contribution < -0.4 is 15.4 Å². The van der Waals surface area contributed by atoms with E-state index in [1.165, 1.54) is 13.4 Å². The molecule has 4 aromatic rings. The van der Waals surface area contributed by atoms with Gasteiger partial charge in [-0.05, 0) is 41.5 Å². The Morgan fingerprint density at radius 2 is 1.88 bits per heavy atom. The Morgan fingerprint density at radius 3 is 2.63 bits per heavy atom. The molecule has 5 atom stereocenters. The van der Waals surface area contributed by atoms with Crippen LogP contribution in [0.25, 0.3) is 11.6 Å².